The lowest BCUT2D eigenvalue weighted by Gasteiger charge is -2.12. The average Bonchev–Trinajstić information content (AvgIpc) is 3.03. The van der Waals surface area contributed by atoms with Gasteiger partial charge in [0, 0.05) is 6.08 Å². The zero-order valence-electron chi connectivity index (χ0n) is 26.4. The Balaban J connectivity index is 1.29. The van der Waals surface area contributed by atoms with Crippen molar-refractivity contribution in [1.82, 2.24) is 0 Å². The van der Waals surface area contributed by atoms with Crippen LogP contribution in [0.1, 0.15) is 82.9 Å². The largest absolute Gasteiger partial charge is 0.494 e. The molecule has 0 spiro atoms. The number of ether oxygens (including phenoxy) is 4. The molecule has 0 aliphatic heterocycles. The van der Waals surface area contributed by atoms with Crippen molar-refractivity contribution in [2.24, 2.45) is 0 Å². The molecule has 0 heterocycles. The molecule has 7 heteroatoms. The molecule has 234 valence electrons. The van der Waals surface area contributed by atoms with E-state index in [1.54, 1.807) is 37.3 Å². The molecule has 7 nitrogen and oxygen atoms in total. The number of fused-ring (bicyclic) bond motifs is 1. The molecule has 45 heavy (non-hydrogen) atoms. The van der Waals surface area contributed by atoms with Gasteiger partial charge in [-0.15, -0.1) is 0 Å². The number of rotatable bonds is 14. The third kappa shape index (κ3) is 9.29. The Hall–Kier alpha value is -4.91. The molecule has 0 saturated heterocycles. The first-order chi connectivity index (χ1) is 21.6. The van der Waals surface area contributed by atoms with Crippen LogP contribution in [0.15, 0.2) is 85.5 Å². The Bertz CT molecular complexity index is 1690. The summed E-state index contributed by atoms with van der Waals surface area (Å²) in [7, 11) is 0. The average molecular weight is 609 g/mol. The van der Waals surface area contributed by atoms with Crippen LogP contribution in [0.2, 0.25) is 0 Å². The van der Waals surface area contributed by atoms with Crippen molar-refractivity contribution in [3.63, 3.8) is 0 Å². The van der Waals surface area contributed by atoms with Crippen LogP contribution in [0.4, 0.5) is 0 Å². The van der Waals surface area contributed by atoms with Crippen LogP contribution in [0.3, 0.4) is 0 Å². The van der Waals surface area contributed by atoms with Crippen molar-refractivity contribution < 1.29 is 33.3 Å². The number of hydrogen-bond donors (Lipinski definition) is 0. The summed E-state index contributed by atoms with van der Waals surface area (Å²) in [6, 6.07) is 21.8. The maximum absolute atomic E-state index is 13.0. The number of unbranched alkanes of at least 4 members (excludes halogenated alkanes) is 3. The Morgan fingerprint density at radius 2 is 1.27 bits per heavy atom. The van der Waals surface area contributed by atoms with E-state index >= 15 is 0 Å². The summed E-state index contributed by atoms with van der Waals surface area (Å²) in [6.07, 6.45) is 4.80. The number of esters is 3. The van der Waals surface area contributed by atoms with Gasteiger partial charge in [0.15, 0.2) is 0 Å². The smallest absolute Gasteiger partial charge is 0.343 e. The SMILES string of the molecule is C=CC(=O)OCCCCCCOc1ccc2cc(C(=O)Oc3ccc(C(=O)Oc4ccc(C(C)C)cc4C)cc3C)ccc2c1. The van der Waals surface area contributed by atoms with Crippen molar-refractivity contribution in [2.75, 3.05) is 13.2 Å². The summed E-state index contributed by atoms with van der Waals surface area (Å²) < 4.78 is 22.2. The van der Waals surface area contributed by atoms with Crippen LogP contribution in [0.5, 0.6) is 17.2 Å². The lowest BCUT2D eigenvalue weighted by molar-refractivity contribution is -0.137. The molecule has 0 bridgehead atoms. The molecule has 0 aliphatic carbocycles. The predicted octanol–water partition coefficient (Wildman–Crippen LogP) is 8.69. The fraction of sp³-hybridized carbons (Fsp3) is 0.289. The van der Waals surface area contributed by atoms with E-state index in [1.165, 1.54) is 11.6 Å². The molecule has 0 saturated carbocycles. The second kappa shape index (κ2) is 15.7. The van der Waals surface area contributed by atoms with Gasteiger partial charge in [0.25, 0.3) is 0 Å². The predicted molar refractivity (Wildman–Crippen MR) is 175 cm³/mol. The molecular formula is C38H40O7. The molecule has 0 amide bonds. The Morgan fingerprint density at radius 3 is 1.91 bits per heavy atom. The van der Waals surface area contributed by atoms with Crippen LogP contribution < -0.4 is 14.2 Å². The van der Waals surface area contributed by atoms with Gasteiger partial charge < -0.3 is 18.9 Å². The first-order valence-electron chi connectivity index (χ1n) is 15.3. The molecule has 0 aromatic heterocycles. The number of aryl methyl sites for hydroxylation is 2. The molecule has 0 unspecified atom stereocenters. The van der Waals surface area contributed by atoms with E-state index in [0.717, 1.165) is 47.8 Å². The van der Waals surface area contributed by atoms with Crippen molar-refractivity contribution in [1.29, 1.82) is 0 Å². The maximum Gasteiger partial charge on any atom is 0.343 e. The van der Waals surface area contributed by atoms with E-state index in [4.69, 9.17) is 18.9 Å². The van der Waals surface area contributed by atoms with E-state index in [1.807, 2.05) is 49.4 Å². The van der Waals surface area contributed by atoms with Gasteiger partial charge in [-0.1, -0.05) is 44.7 Å². The van der Waals surface area contributed by atoms with Crippen LogP contribution in [0.25, 0.3) is 10.8 Å². The van der Waals surface area contributed by atoms with Gasteiger partial charge in [-0.2, -0.15) is 0 Å². The molecule has 0 aliphatic rings. The highest BCUT2D eigenvalue weighted by atomic mass is 16.5. The summed E-state index contributed by atoms with van der Waals surface area (Å²) in [5, 5.41) is 1.83. The van der Waals surface area contributed by atoms with Crippen LogP contribution in [-0.4, -0.2) is 31.1 Å². The van der Waals surface area contributed by atoms with Gasteiger partial charge in [-0.3, -0.25) is 0 Å². The Labute approximate surface area is 264 Å². The second-order valence-electron chi connectivity index (χ2n) is 11.3. The van der Waals surface area contributed by atoms with Gasteiger partial charge in [-0.05, 0) is 121 Å². The fourth-order valence-corrected chi connectivity index (χ4v) is 4.77. The molecule has 4 aromatic carbocycles. The highest BCUT2D eigenvalue weighted by molar-refractivity contribution is 5.97. The van der Waals surface area contributed by atoms with Crippen molar-refractivity contribution in [3.8, 4) is 17.2 Å². The number of carbonyl (C=O) groups excluding carboxylic acids is 3. The number of carbonyl (C=O) groups is 3. The van der Waals surface area contributed by atoms with E-state index in [-0.39, 0.29) is 0 Å². The van der Waals surface area contributed by atoms with Gasteiger partial charge in [0.2, 0.25) is 0 Å². The second-order valence-corrected chi connectivity index (χ2v) is 11.3. The fourth-order valence-electron chi connectivity index (χ4n) is 4.77. The Morgan fingerprint density at radius 1 is 0.689 bits per heavy atom. The topological polar surface area (TPSA) is 88.1 Å². The summed E-state index contributed by atoms with van der Waals surface area (Å²) in [4.78, 5) is 36.9. The third-order valence-electron chi connectivity index (χ3n) is 7.45. The minimum atomic E-state index is -0.490. The molecule has 0 atom stereocenters. The van der Waals surface area contributed by atoms with Crippen molar-refractivity contribution in [2.45, 2.75) is 59.3 Å². The van der Waals surface area contributed by atoms with Crippen LogP contribution in [0, 0.1) is 13.8 Å². The van der Waals surface area contributed by atoms with Crippen molar-refractivity contribution >= 4 is 28.7 Å². The monoisotopic (exact) mass is 608 g/mol. The van der Waals surface area contributed by atoms with Gasteiger partial charge in [0.05, 0.1) is 24.3 Å². The Kier molecular flexibility index (Phi) is 11.5. The molecule has 4 rings (SSSR count). The van der Waals surface area contributed by atoms with Crippen LogP contribution in [-0.2, 0) is 9.53 Å². The molecule has 0 N–H and O–H groups in total. The summed E-state index contributed by atoms with van der Waals surface area (Å²) in [5.74, 6) is 0.679. The van der Waals surface area contributed by atoms with E-state index < -0.39 is 17.9 Å². The summed E-state index contributed by atoms with van der Waals surface area (Å²) in [5.41, 5.74) is 3.50. The highest BCUT2D eigenvalue weighted by Gasteiger charge is 2.16. The standard InChI is InChI=1S/C38H40O7/c1-6-36(39)43-20-10-8-7-9-19-42-33-16-13-29-23-32(12-11-30(29)24-33)38(41)45-35-18-15-31(22-27(35)5)37(40)44-34-17-14-28(25(2)3)21-26(34)4/h6,11-18,21-25H,1,7-10,19-20H2,2-5H3. The number of benzene rings is 4. The van der Waals surface area contributed by atoms with E-state index in [2.05, 4.69) is 20.4 Å². The van der Waals surface area contributed by atoms with E-state index in [9.17, 15) is 14.4 Å². The van der Waals surface area contributed by atoms with Gasteiger partial charge in [-0.25, -0.2) is 14.4 Å². The van der Waals surface area contributed by atoms with Crippen molar-refractivity contribution in [3.05, 3.63) is 113 Å². The zero-order chi connectivity index (χ0) is 32.3. The number of hydrogen-bond acceptors (Lipinski definition) is 7. The first kappa shape index (κ1) is 33.0. The lowest BCUT2D eigenvalue weighted by atomic mass is 10.0. The van der Waals surface area contributed by atoms with E-state index in [0.29, 0.717) is 47.3 Å². The summed E-state index contributed by atoms with van der Waals surface area (Å²) in [6.45, 7) is 12.3. The molecule has 4 aromatic rings. The quantitative estimate of drug-likeness (QED) is 0.0612. The molecule has 0 fully saturated rings. The minimum Gasteiger partial charge on any atom is -0.494 e. The molecule has 0 radical (unpaired) electrons. The summed E-state index contributed by atoms with van der Waals surface area (Å²) >= 11 is 0. The third-order valence-corrected chi connectivity index (χ3v) is 7.45. The normalized spacial score (nSPS) is 10.9. The van der Waals surface area contributed by atoms with Gasteiger partial charge in [0.1, 0.15) is 17.2 Å². The highest BCUT2D eigenvalue weighted by Crippen LogP contribution is 2.27. The minimum absolute atomic E-state index is 0.370. The zero-order valence-corrected chi connectivity index (χ0v) is 26.4. The molecular weight excluding hydrogens is 568 g/mol. The maximum atomic E-state index is 13.0. The lowest BCUT2D eigenvalue weighted by Crippen LogP contribution is -2.12. The van der Waals surface area contributed by atoms with Crippen LogP contribution >= 0.6 is 0 Å². The first-order valence-corrected chi connectivity index (χ1v) is 15.3. The van der Waals surface area contributed by atoms with Gasteiger partial charge >= 0.3 is 17.9 Å².